The van der Waals surface area contributed by atoms with Gasteiger partial charge in [0.2, 0.25) is 5.76 Å². The van der Waals surface area contributed by atoms with Gasteiger partial charge in [0.15, 0.2) is 5.11 Å². The number of furan rings is 1. The first-order valence-electron chi connectivity index (χ1n) is 8.46. The summed E-state index contributed by atoms with van der Waals surface area (Å²) in [5.41, 5.74) is 3.78. The normalized spacial score (nSPS) is 10.4. The van der Waals surface area contributed by atoms with Crippen LogP contribution in [-0.4, -0.2) is 22.1 Å². The minimum absolute atomic E-state index is 0.131. The molecule has 6 nitrogen and oxygen atoms in total. The van der Waals surface area contributed by atoms with Crippen molar-refractivity contribution in [2.75, 3.05) is 5.32 Å². The molecule has 0 aliphatic rings. The zero-order valence-corrected chi connectivity index (χ0v) is 16.1. The molecule has 7 heteroatoms. The minimum Gasteiger partial charge on any atom is -0.475 e. The van der Waals surface area contributed by atoms with Crippen LogP contribution in [0.25, 0.3) is 11.3 Å². The summed E-state index contributed by atoms with van der Waals surface area (Å²) in [4.78, 5) is 23.3. The van der Waals surface area contributed by atoms with Crippen LogP contribution >= 0.6 is 12.2 Å². The maximum atomic E-state index is 12.3. The number of thiocarbonyl (C=S) groups is 1. The summed E-state index contributed by atoms with van der Waals surface area (Å²) >= 11 is 5.23. The van der Waals surface area contributed by atoms with Gasteiger partial charge in [-0.1, -0.05) is 23.8 Å². The van der Waals surface area contributed by atoms with Gasteiger partial charge in [-0.05, 0) is 68.0 Å². The van der Waals surface area contributed by atoms with Crippen LogP contribution in [0.15, 0.2) is 59.0 Å². The third-order valence-electron chi connectivity index (χ3n) is 4.09. The number of aryl methyl sites for hydroxylation is 2. The van der Waals surface area contributed by atoms with Crippen LogP contribution in [-0.2, 0) is 0 Å². The highest BCUT2D eigenvalue weighted by molar-refractivity contribution is 7.80. The van der Waals surface area contributed by atoms with Crippen molar-refractivity contribution in [3.63, 3.8) is 0 Å². The predicted octanol–water partition coefficient (Wildman–Crippen LogP) is 4.39. The van der Waals surface area contributed by atoms with E-state index >= 15 is 0 Å². The molecule has 0 aliphatic heterocycles. The van der Waals surface area contributed by atoms with E-state index in [1.807, 2.05) is 38.1 Å². The number of carboxylic acids is 1. The Balaban J connectivity index is 1.74. The zero-order valence-electron chi connectivity index (χ0n) is 15.3. The summed E-state index contributed by atoms with van der Waals surface area (Å²) in [5, 5.41) is 14.8. The average molecular weight is 394 g/mol. The number of anilines is 1. The van der Waals surface area contributed by atoms with Crippen LogP contribution in [0.4, 0.5) is 5.69 Å². The smallest absolute Gasteiger partial charge is 0.371 e. The molecule has 2 aromatic carbocycles. The number of aromatic carboxylic acids is 1. The van der Waals surface area contributed by atoms with E-state index in [4.69, 9.17) is 21.7 Å². The monoisotopic (exact) mass is 394 g/mol. The van der Waals surface area contributed by atoms with E-state index in [-0.39, 0.29) is 16.8 Å². The number of rotatable bonds is 4. The standard InChI is InChI=1S/C21H18N2O4S/c1-12-4-3-5-14(10-12)19(24)23-21(28)22-15-7-6-13(2)16(11-15)17-8-9-18(27-17)20(25)26/h3-11H,1-2H3,(H,25,26)(H2,22,23,24,28). The van der Waals surface area contributed by atoms with Crippen molar-refractivity contribution >= 4 is 34.9 Å². The summed E-state index contributed by atoms with van der Waals surface area (Å²) < 4.78 is 5.38. The topological polar surface area (TPSA) is 91.6 Å². The molecule has 0 atom stereocenters. The Morgan fingerprint density at radius 1 is 1.04 bits per heavy atom. The van der Waals surface area contributed by atoms with Crippen LogP contribution in [0, 0.1) is 13.8 Å². The molecule has 0 bridgehead atoms. The molecule has 0 unspecified atom stereocenters. The van der Waals surface area contributed by atoms with Gasteiger partial charge < -0.3 is 14.8 Å². The maximum Gasteiger partial charge on any atom is 0.371 e. The number of carbonyl (C=O) groups excluding carboxylic acids is 1. The summed E-state index contributed by atoms with van der Waals surface area (Å²) in [6, 6.07) is 15.7. The Morgan fingerprint density at radius 3 is 2.50 bits per heavy atom. The number of carboxylic acid groups (broad SMARTS) is 1. The fourth-order valence-corrected chi connectivity index (χ4v) is 2.90. The lowest BCUT2D eigenvalue weighted by molar-refractivity contribution is 0.0663. The Hall–Kier alpha value is -3.45. The van der Waals surface area contributed by atoms with Crippen molar-refractivity contribution in [3.05, 3.63) is 77.0 Å². The molecule has 1 aromatic heterocycles. The molecule has 0 saturated heterocycles. The van der Waals surface area contributed by atoms with Gasteiger partial charge in [-0.2, -0.15) is 0 Å². The van der Waals surface area contributed by atoms with Crippen molar-refractivity contribution in [1.82, 2.24) is 5.32 Å². The number of hydrogen-bond acceptors (Lipinski definition) is 4. The molecule has 0 fully saturated rings. The second-order valence-corrected chi connectivity index (χ2v) is 6.68. The third-order valence-corrected chi connectivity index (χ3v) is 4.29. The molecule has 0 radical (unpaired) electrons. The molecule has 0 spiro atoms. The van der Waals surface area contributed by atoms with Crippen molar-refractivity contribution in [2.24, 2.45) is 0 Å². The lowest BCUT2D eigenvalue weighted by atomic mass is 10.1. The number of nitrogens with one attached hydrogen (secondary N) is 2. The molecular weight excluding hydrogens is 376 g/mol. The quantitative estimate of drug-likeness (QED) is 0.569. The fraction of sp³-hybridized carbons (Fsp3) is 0.0952. The highest BCUT2D eigenvalue weighted by Gasteiger charge is 2.13. The summed E-state index contributed by atoms with van der Waals surface area (Å²) in [5.74, 6) is -1.12. The molecule has 1 amide bonds. The Morgan fingerprint density at radius 2 is 1.82 bits per heavy atom. The van der Waals surface area contributed by atoms with Gasteiger partial charge in [0, 0.05) is 16.8 Å². The first-order valence-corrected chi connectivity index (χ1v) is 8.87. The van der Waals surface area contributed by atoms with Crippen LogP contribution in [0.3, 0.4) is 0 Å². The molecule has 0 aliphatic carbocycles. The van der Waals surface area contributed by atoms with Gasteiger partial charge in [-0.15, -0.1) is 0 Å². The average Bonchev–Trinajstić information content (AvgIpc) is 3.13. The van der Waals surface area contributed by atoms with E-state index in [0.29, 0.717) is 17.0 Å². The van der Waals surface area contributed by atoms with Gasteiger partial charge in [-0.3, -0.25) is 10.1 Å². The fourth-order valence-electron chi connectivity index (χ4n) is 2.69. The van der Waals surface area contributed by atoms with Crippen molar-refractivity contribution in [3.8, 4) is 11.3 Å². The second-order valence-electron chi connectivity index (χ2n) is 6.28. The van der Waals surface area contributed by atoms with Gasteiger partial charge in [-0.25, -0.2) is 4.79 Å². The van der Waals surface area contributed by atoms with E-state index < -0.39 is 5.97 Å². The molecular formula is C21H18N2O4S. The molecule has 3 N–H and O–H groups in total. The van der Waals surface area contributed by atoms with E-state index in [1.165, 1.54) is 6.07 Å². The Bertz CT molecular complexity index is 1070. The molecule has 0 saturated carbocycles. The third kappa shape index (κ3) is 4.44. The van der Waals surface area contributed by atoms with Gasteiger partial charge >= 0.3 is 5.97 Å². The molecule has 1 heterocycles. The second kappa shape index (κ2) is 8.06. The number of amides is 1. The number of hydrogen-bond donors (Lipinski definition) is 3. The number of carbonyl (C=O) groups is 2. The predicted molar refractivity (Wildman–Crippen MR) is 111 cm³/mol. The van der Waals surface area contributed by atoms with Crippen LogP contribution in [0.5, 0.6) is 0 Å². The highest BCUT2D eigenvalue weighted by atomic mass is 32.1. The SMILES string of the molecule is Cc1cccc(C(=O)NC(=S)Nc2ccc(C)c(-c3ccc(C(=O)O)o3)c2)c1. The first-order chi connectivity index (χ1) is 13.3. The Kier molecular flexibility index (Phi) is 5.56. The molecule has 28 heavy (non-hydrogen) atoms. The maximum absolute atomic E-state index is 12.3. The van der Waals surface area contributed by atoms with Crippen molar-refractivity contribution in [1.29, 1.82) is 0 Å². The Labute approximate surface area is 167 Å². The van der Waals surface area contributed by atoms with Crippen molar-refractivity contribution in [2.45, 2.75) is 13.8 Å². The molecule has 3 aromatic rings. The minimum atomic E-state index is -1.13. The van der Waals surface area contributed by atoms with Crippen LogP contribution in [0.1, 0.15) is 32.0 Å². The summed E-state index contributed by atoms with van der Waals surface area (Å²) in [6.07, 6.45) is 0. The van der Waals surface area contributed by atoms with Gasteiger partial charge in [0.1, 0.15) is 5.76 Å². The van der Waals surface area contributed by atoms with E-state index in [2.05, 4.69) is 10.6 Å². The highest BCUT2D eigenvalue weighted by Crippen LogP contribution is 2.28. The van der Waals surface area contributed by atoms with Gasteiger partial charge in [0.25, 0.3) is 5.91 Å². The largest absolute Gasteiger partial charge is 0.475 e. The summed E-state index contributed by atoms with van der Waals surface area (Å²) in [6.45, 7) is 3.80. The van der Waals surface area contributed by atoms with Crippen molar-refractivity contribution < 1.29 is 19.1 Å². The zero-order chi connectivity index (χ0) is 20.3. The number of benzene rings is 2. The van der Waals surface area contributed by atoms with E-state index in [0.717, 1.165) is 16.7 Å². The van der Waals surface area contributed by atoms with Crippen LogP contribution < -0.4 is 10.6 Å². The van der Waals surface area contributed by atoms with E-state index in [1.54, 1.807) is 24.3 Å². The summed E-state index contributed by atoms with van der Waals surface area (Å²) in [7, 11) is 0. The van der Waals surface area contributed by atoms with Gasteiger partial charge in [0.05, 0.1) is 0 Å². The lowest BCUT2D eigenvalue weighted by Gasteiger charge is -2.12. The van der Waals surface area contributed by atoms with Crippen LogP contribution in [0.2, 0.25) is 0 Å². The molecule has 142 valence electrons. The van der Waals surface area contributed by atoms with E-state index in [9.17, 15) is 9.59 Å². The first kappa shape index (κ1) is 19.3. The molecule has 3 rings (SSSR count). The lowest BCUT2D eigenvalue weighted by Crippen LogP contribution is -2.34.